The zero-order valence-electron chi connectivity index (χ0n) is 29.8. The smallest absolute Gasteiger partial charge is 0.307 e. The number of fused-ring (bicyclic) bond motifs is 1. The number of nitrogens with zero attached hydrogens (tertiary/aromatic N) is 4. The van der Waals surface area contributed by atoms with Crippen molar-refractivity contribution < 1.29 is 27.5 Å². The van der Waals surface area contributed by atoms with E-state index < -0.39 is 27.7 Å². The minimum absolute atomic E-state index is 0.0177. The number of unbranched alkanes of at least 4 members (excludes halogenated alkanes) is 9. The molecule has 3 N–H and O–H groups in total. The number of H-pyrrole nitrogens is 1. The number of hydrogen-bond acceptors (Lipinski definition) is 8. The average Bonchev–Trinajstić information content (AvgIpc) is 3.60. The Labute approximate surface area is 296 Å². The Morgan fingerprint density at radius 3 is 2.22 bits per heavy atom. The van der Waals surface area contributed by atoms with Crippen molar-refractivity contribution in [3.8, 4) is 5.75 Å². The summed E-state index contributed by atoms with van der Waals surface area (Å²) >= 11 is 6.28. The molecule has 13 nitrogen and oxygen atoms in total. The Morgan fingerprint density at radius 1 is 1.00 bits per heavy atom. The second kappa shape index (κ2) is 19.1. The monoisotopic (exact) mass is 723 g/mol. The van der Waals surface area contributed by atoms with Gasteiger partial charge in [-0.15, -0.1) is 10.2 Å². The van der Waals surface area contributed by atoms with E-state index in [0.717, 1.165) is 29.3 Å². The molecule has 1 atom stereocenters. The van der Waals surface area contributed by atoms with Gasteiger partial charge in [-0.2, -0.15) is 12.7 Å². The first-order valence-electron chi connectivity index (χ1n) is 17.2. The lowest BCUT2D eigenvalue weighted by Gasteiger charge is -2.22. The minimum Gasteiger partial charge on any atom is -0.481 e. The van der Waals surface area contributed by atoms with Crippen molar-refractivity contribution in [2.75, 3.05) is 32.0 Å². The first-order valence-corrected chi connectivity index (χ1v) is 19.1. The lowest BCUT2D eigenvalue weighted by atomic mass is 9.94. The van der Waals surface area contributed by atoms with E-state index >= 15 is 0 Å². The maximum atomic E-state index is 13.3. The van der Waals surface area contributed by atoms with E-state index in [1.807, 2.05) is 20.8 Å². The zero-order valence-corrected chi connectivity index (χ0v) is 31.4. The largest absolute Gasteiger partial charge is 0.481 e. The molecule has 0 spiro atoms. The third-order valence-corrected chi connectivity index (χ3v) is 10.2. The van der Waals surface area contributed by atoms with Gasteiger partial charge in [0.2, 0.25) is 0 Å². The molecular weight excluding hydrogens is 670 g/mol. The van der Waals surface area contributed by atoms with Crippen LogP contribution >= 0.6 is 11.6 Å². The number of hydrogen-bond donors (Lipinski definition) is 3. The van der Waals surface area contributed by atoms with Crippen molar-refractivity contribution in [2.24, 2.45) is 0 Å². The van der Waals surface area contributed by atoms with Gasteiger partial charge in [0, 0.05) is 20.6 Å². The highest BCUT2D eigenvalue weighted by molar-refractivity contribution is 7.90. The molecule has 0 radical (unpaired) electrons. The Morgan fingerprint density at radius 2 is 1.61 bits per heavy atom. The number of aryl methyl sites for hydroxylation is 1. The van der Waals surface area contributed by atoms with E-state index in [9.17, 15) is 18.0 Å². The highest BCUT2D eigenvalue weighted by Crippen LogP contribution is 2.27. The summed E-state index contributed by atoms with van der Waals surface area (Å²) in [7, 11) is -0.775. The normalized spacial score (nSPS) is 12.7. The van der Waals surface area contributed by atoms with Gasteiger partial charge in [-0.05, 0) is 57.9 Å². The maximum Gasteiger partial charge on any atom is 0.307 e. The summed E-state index contributed by atoms with van der Waals surface area (Å²) in [5, 5.41) is 14.8. The van der Waals surface area contributed by atoms with E-state index in [1.54, 1.807) is 28.8 Å². The molecule has 0 aliphatic rings. The van der Waals surface area contributed by atoms with Gasteiger partial charge in [-0.25, -0.2) is 4.52 Å². The molecule has 1 amide bonds. The second-order valence-corrected chi connectivity index (χ2v) is 15.6. The van der Waals surface area contributed by atoms with Gasteiger partial charge in [-0.1, -0.05) is 76.3 Å². The van der Waals surface area contributed by atoms with Crippen LogP contribution in [-0.2, 0) is 30.0 Å². The number of amides is 1. The summed E-state index contributed by atoms with van der Waals surface area (Å²) in [4.78, 5) is 25.9. The van der Waals surface area contributed by atoms with Gasteiger partial charge in [0.05, 0.1) is 23.2 Å². The van der Waals surface area contributed by atoms with Crippen LogP contribution < -0.4 is 14.8 Å². The molecule has 3 aromatic rings. The van der Waals surface area contributed by atoms with Crippen molar-refractivity contribution in [2.45, 2.75) is 116 Å². The summed E-state index contributed by atoms with van der Waals surface area (Å²) < 4.78 is 41.2. The molecule has 0 bridgehead atoms. The van der Waals surface area contributed by atoms with Crippen LogP contribution in [0.4, 0.5) is 5.69 Å². The van der Waals surface area contributed by atoms with Crippen LogP contribution in [0, 0.1) is 6.92 Å². The topological polar surface area (TPSA) is 160 Å². The molecule has 0 saturated heterocycles. The Kier molecular flexibility index (Phi) is 15.7. The molecule has 3 rings (SSSR count). The summed E-state index contributed by atoms with van der Waals surface area (Å²) in [6.07, 6.45) is 11.4. The van der Waals surface area contributed by atoms with Crippen molar-refractivity contribution >= 4 is 45.0 Å². The molecule has 2 aromatic heterocycles. The van der Waals surface area contributed by atoms with Crippen LogP contribution in [0.5, 0.6) is 5.75 Å². The number of ether oxygens (including phenoxy) is 2. The average molecular weight is 724 g/mol. The summed E-state index contributed by atoms with van der Waals surface area (Å²) in [5.41, 5.74) is 0.986. The first kappa shape index (κ1) is 40.1. The third kappa shape index (κ3) is 12.5. The lowest BCUT2D eigenvalue weighted by Crippen LogP contribution is -2.39. The molecule has 49 heavy (non-hydrogen) atoms. The number of aromatic nitrogens is 4. The molecular formula is C34H54ClN7O6S. The number of benzene rings is 1. The van der Waals surface area contributed by atoms with E-state index in [4.69, 9.17) is 21.1 Å². The number of carbonyl (C=O) groups is 2. The Bertz CT molecular complexity index is 1590. The second-order valence-electron chi connectivity index (χ2n) is 13.3. The van der Waals surface area contributed by atoms with E-state index in [0.29, 0.717) is 34.4 Å². The van der Waals surface area contributed by atoms with Crippen LogP contribution in [-0.4, -0.2) is 77.8 Å². The van der Waals surface area contributed by atoms with Crippen LogP contribution in [0.15, 0.2) is 24.3 Å². The fraction of sp³-hybridized carbons (Fsp3) is 0.647. The highest BCUT2D eigenvalue weighted by Gasteiger charge is 2.30. The van der Waals surface area contributed by atoms with Crippen molar-refractivity contribution in [1.82, 2.24) is 29.4 Å². The van der Waals surface area contributed by atoms with Gasteiger partial charge in [0.15, 0.2) is 17.6 Å². The standard InChI is InChI=1S/C34H54ClN7O6S/c1-7-8-9-10-11-12-13-14-15-16-17-28(48-27-20-18-26(19-21-27)40-49(45,46)41(5)6)32(44)36-23-22-29(43)47-24-34(3,4)33-38-37-31-30(35)25(2)39-42(31)33/h18-21,28,39-40H,7-17,22-24H2,1-6H3,(H,36,44). The number of esters is 1. The first-order chi connectivity index (χ1) is 23.2. The van der Waals surface area contributed by atoms with Gasteiger partial charge >= 0.3 is 16.2 Å². The number of rotatable bonds is 23. The van der Waals surface area contributed by atoms with E-state index in [-0.39, 0.29) is 25.5 Å². The highest BCUT2D eigenvalue weighted by atomic mass is 35.5. The van der Waals surface area contributed by atoms with E-state index in [1.165, 1.54) is 59.0 Å². The minimum atomic E-state index is -3.65. The number of carbonyl (C=O) groups excluding carboxylic acids is 2. The van der Waals surface area contributed by atoms with Crippen molar-refractivity contribution in [3.63, 3.8) is 0 Å². The number of halogens is 1. The maximum absolute atomic E-state index is 13.3. The number of nitrogens with one attached hydrogen (secondary N) is 3. The number of anilines is 1. The quantitative estimate of drug-likeness (QED) is 0.0757. The summed E-state index contributed by atoms with van der Waals surface area (Å²) in [6, 6.07) is 6.41. The number of aromatic amines is 1. The molecule has 1 unspecified atom stereocenters. The van der Waals surface area contributed by atoms with Crippen molar-refractivity contribution in [1.29, 1.82) is 0 Å². The molecule has 274 valence electrons. The summed E-state index contributed by atoms with van der Waals surface area (Å²) in [5.74, 6) is 0.223. The molecule has 0 aliphatic heterocycles. The molecule has 0 aliphatic carbocycles. The van der Waals surface area contributed by atoms with Crippen LogP contribution in [0.25, 0.3) is 5.65 Å². The zero-order chi connectivity index (χ0) is 36.0. The van der Waals surface area contributed by atoms with Gasteiger partial charge in [0.25, 0.3) is 5.91 Å². The fourth-order valence-electron chi connectivity index (χ4n) is 5.22. The van der Waals surface area contributed by atoms with E-state index in [2.05, 4.69) is 32.3 Å². The van der Waals surface area contributed by atoms with Gasteiger partial charge in [0.1, 0.15) is 17.4 Å². The van der Waals surface area contributed by atoms with Crippen molar-refractivity contribution in [3.05, 3.63) is 40.8 Å². The van der Waals surface area contributed by atoms with Crippen LogP contribution in [0.3, 0.4) is 0 Å². The Balaban J connectivity index is 1.51. The fourth-order valence-corrected chi connectivity index (χ4v) is 6.00. The summed E-state index contributed by atoms with van der Waals surface area (Å²) in [6.45, 7) is 7.98. The van der Waals surface area contributed by atoms with Crippen LogP contribution in [0.2, 0.25) is 5.02 Å². The third-order valence-electron chi connectivity index (χ3n) is 8.27. The molecule has 0 saturated carbocycles. The molecule has 1 aromatic carbocycles. The molecule has 2 heterocycles. The van der Waals surface area contributed by atoms with Crippen LogP contribution in [0.1, 0.15) is 109 Å². The molecule has 15 heteroatoms. The Hall–Kier alpha value is -3.36. The lowest BCUT2D eigenvalue weighted by molar-refractivity contribution is -0.145. The SMILES string of the molecule is CCCCCCCCCCCCC(Oc1ccc(NS(=O)(=O)N(C)C)cc1)C(=O)NCCC(=O)OCC(C)(C)c1nnc2c(Cl)c(C)[nH]n12. The molecule has 0 fully saturated rings. The predicted octanol–water partition coefficient (Wildman–Crippen LogP) is 6.32. The predicted molar refractivity (Wildman–Crippen MR) is 192 cm³/mol. The van der Waals surface area contributed by atoms with Gasteiger partial charge in [-0.3, -0.25) is 19.4 Å². The van der Waals surface area contributed by atoms with Gasteiger partial charge < -0.3 is 14.8 Å².